The minimum absolute atomic E-state index is 0.0779. The molecule has 0 radical (unpaired) electrons. The fourth-order valence-corrected chi connectivity index (χ4v) is 1.46. The van der Waals surface area contributed by atoms with Crippen LogP contribution in [0, 0.1) is 0 Å². The lowest BCUT2D eigenvalue weighted by atomic mass is 10.3. The third-order valence-electron chi connectivity index (χ3n) is 2.43. The van der Waals surface area contributed by atoms with E-state index in [-0.39, 0.29) is 11.4 Å². The van der Waals surface area contributed by atoms with E-state index < -0.39 is 5.97 Å². The molecule has 0 atom stereocenters. The first-order valence-corrected chi connectivity index (χ1v) is 5.40. The number of esters is 1. The third kappa shape index (κ3) is 2.15. The van der Waals surface area contributed by atoms with Crippen LogP contribution in [0.1, 0.15) is 23.1 Å². The predicted molar refractivity (Wildman–Crippen MR) is 64.3 cm³/mol. The van der Waals surface area contributed by atoms with Crippen LogP contribution in [0.5, 0.6) is 0 Å². The summed E-state index contributed by atoms with van der Waals surface area (Å²) >= 11 is 0. The summed E-state index contributed by atoms with van der Waals surface area (Å²) in [5.41, 5.74) is 6.91. The fraction of sp³-hybridized carbons (Fsp3) is 0.273. The molecule has 2 N–H and O–H groups in total. The zero-order chi connectivity index (χ0) is 13.1. The number of rotatable bonds is 3. The molecule has 94 valence electrons. The molecule has 0 amide bonds. The van der Waals surface area contributed by atoms with Gasteiger partial charge >= 0.3 is 5.97 Å². The maximum Gasteiger partial charge on any atom is 0.360 e. The number of anilines is 1. The number of aryl methyl sites for hydroxylation is 1. The molecule has 2 aromatic heterocycles. The molecule has 7 heteroatoms. The van der Waals surface area contributed by atoms with Gasteiger partial charge in [-0.3, -0.25) is 0 Å². The molecular weight excluding hydrogens is 234 g/mol. The maximum atomic E-state index is 11.4. The number of nitrogen functional groups attached to an aromatic ring is 1. The summed E-state index contributed by atoms with van der Waals surface area (Å²) in [6, 6.07) is 1.79. The molecule has 0 spiro atoms. The number of hydrogen-bond donors (Lipinski definition) is 1. The lowest BCUT2D eigenvalue weighted by Gasteiger charge is -2.01. The summed E-state index contributed by atoms with van der Waals surface area (Å²) in [6.07, 6.45) is 3.76. The molecule has 0 bridgehead atoms. The molecule has 2 rings (SSSR count). The van der Waals surface area contributed by atoms with Crippen LogP contribution in [0.15, 0.2) is 18.6 Å². The van der Waals surface area contributed by atoms with E-state index in [0.29, 0.717) is 5.82 Å². The zero-order valence-corrected chi connectivity index (χ0v) is 10.1. The Kier molecular flexibility index (Phi) is 3.22. The molecule has 0 aliphatic carbocycles. The average Bonchev–Trinajstić information content (AvgIpc) is 2.80. The van der Waals surface area contributed by atoms with Crippen LogP contribution in [-0.4, -0.2) is 32.8 Å². The van der Waals surface area contributed by atoms with Crippen molar-refractivity contribution in [2.75, 3.05) is 12.8 Å². The number of carbonyl (C=O) groups excluding carboxylic acids is 1. The highest BCUT2D eigenvalue weighted by Gasteiger charge is 2.16. The van der Waals surface area contributed by atoms with Gasteiger partial charge in [0, 0.05) is 11.8 Å². The SMILES string of the molecule is CCc1cc(-n2cc(N)c(C(=O)OC)n2)ncn1. The Hall–Kier alpha value is -2.44. The lowest BCUT2D eigenvalue weighted by molar-refractivity contribution is 0.0594. The van der Waals surface area contributed by atoms with Crippen molar-refractivity contribution in [3.05, 3.63) is 30.0 Å². The molecule has 2 heterocycles. The van der Waals surface area contributed by atoms with Gasteiger partial charge in [0.2, 0.25) is 0 Å². The highest BCUT2D eigenvalue weighted by Crippen LogP contribution is 2.14. The second kappa shape index (κ2) is 4.82. The number of methoxy groups -OCH3 is 1. The number of hydrogen-bond acceptors (Lipinski definition) is 6. The Morgan fingerprint density at radius 1 is 1.50 bits per heavy atom. The number of ether oxygens (including phenoxy) is 1. The van der Waals surface area contributed by atoms with E-state index in [4.69, 9.17) is 5.73 Å². The second-order valence-corrected chi connectivity index (χ2v) is 3.59. The molecule has 0 fully saturated rings. The van der Waals surface area contributed by atoms with Crippen molar-refractivity contribution in [2.45, 2.75) is 13.3 Å². The van der Waals surface area contributed by atoms with Gasteiger partial charge in [-0.2, -0.15) is 5.10 Å². The van der Waals surface area contributed by atoms with Crippen molar-refractivity contribution in [1.82, 2.24) is 19.7 Å². The number of nitrogens with zero attached hydrogens (tertiary/aromatic N) is 4. The average molecular weight is 247 g/mol. The summed E-state index contributed by atoms with van der Waals surface area (Å²) in [4.78, 5) is 19.6. The van der Waals surface area contributed by atoms with E-state index in [1.807, 2.05) is 6.92 Å². The number of nitrogens with two attached hydrogens (primary N) is 1. The second-order valence-electron chi connectivity index (χ2n) is 3.59. The Morgan fingerprint density at radius 2 is 2.28 bits per heavy atom. The fourth-order valence-electron chi connectivity index (χ4n) is 1.46. The highest BCUT2D eigenvalue weighted by molar-refractivity contribution is 5.92. The molecule has 0 aromatic carbocycles. The third-order valence-corrected chi connectivity index (χ3v) is 2.43. The summed E-state index contributed by atoms with van der Waals surface area (Å²) in [5, 5.41) is 4.05. The highest BCUT2D eigenvalue weighted by atomic mass is 16.5. The summed E-state index contributed by atoms with van der Waals surface area (Å²) in [5.74, 6) is -0.0141. The Bertz CT molecular complexity index is 579. The predicted octanol–water partition coefficient (Wildman–Crippen LogP) is 0.593. The molecule has 2 aromatic rings. The van der Waals surface area contributed by atoms with Crippen LogP contribution in [0.2, 0.25) is 0 Å². The van der Waals surface area contributed by atoms with Gasteiger partial charge in [-0.05, 0) is 6.42 Å². The Labute approximate surface area is 104 Å². The molecule has 0 aliphatic heterocycles. The van der Waals surface area contributed by atoms with Crippen LogP contribution < -0.4 is 5.73 Å². The van der Waals surface area contributed by atoms with Crippen molar-refractivity contribution < 1.29 is 9.53 Å². The van der Waals surface area contributed by atoms with Crippen LogP contribution in [0.4, 0.5) is 5.69 Å². The first kappa shape index (κ1) is 12.0. The minimum atomic E-state index is -0.573. The van der Waals surface area contributed by atoms with Gasteiger partial charge in [-0.15, -0.1) is 0 Å². The molecule has 0 aliphatic rings. The van der Waals surface area contributed by atoms with Gasteiger partial charge in [-0.25, -0.2) is 19.4 Å². The van der Waals surface area contributed by atoms with E-state index in [1.54, 1.807) is 6.07 Å². The Morgan fingerprint density at radius 3 is 2.94 bits per heavy atom. The standard InChI is InChI=1S/C11H13N5O2/c1-3-7-4-9(14-6-13-7)16-5-8(12)10(15-16)11(17)18-2/h4-6H,3,12H2,1-2H3. The molecule has 0 saturated carbocycles. The molecule has 0 saturated heterocycles. The maximum absolute atomic E-state index is 11.4. The van der Waals surface area contributed by atoms with E-state index in [9.17, 15) is 4.79 Å². The van der Waals surface area contributed by atoms with Crippen molar-refractivity contribution >= 4 is 11.7 Å². The summed E-state index contributed by atoms with van der Waals surface area (Å²) in [7, 11) is 1.28. The monoisotopic (exact) mass is 247 g/mol. The lowest BCUT2D eigenvalue weighted by Crippen LogP contribution is -2.06. The van der Waals surface area contributed by atoms with E-state index in [2.05, 4.69) is 19.8 Å². The van der Waals surface area contributed by atoms with Crippen LogP contribution in [-0.2, 0) is 11.2 Å². The van der Waals surface area contributed by atoms with E-state index >= 15 is 0 Å². The first-order chi connectivity index (χ1) is 8.65. The summed E-state index contributed by atoms with van der Waals surface area (Å²) < 4.78 is 6.02. The van der Waals surface area contributed by atoms with Gasteiger partial charge in [0.05, 0.1) is 19.0 Å². The van der Waals surface area contributed by atoms with Gasteiger partial charge < -0.3 is 10.5 Å². The van der Waals surface area contributed by atoms with Crippen LogP contribution >= 0.6 is 0 Å². The smallest absolute Gasteiger partial charge is 0.360 e. The van der Waals surface area contributed by atoms with E-state index in [1.165, 1.54) is 24.3 Å². The normalized spacial score (nSPS) is 10.3. The molecule has 7 nitrogen and oxygen atoms in total. The van der Waals surface area contributed by atoms with Gasteiger partial charge in [0.25, 0.3) is 0 Å². The van der Waals surface area contributed by atoms with Gasteiger partial charge in [-0.1, -0.05) is 6.92 Å². The van der Waals surface area contributed by atoms with Crippen molar-refractivity contribution in [2.24, 2.45) is 0 Å². The number of aromatic nitrogens is 4. The largest absolute Gasteiger partial charge is 0.464 e. The number of carbonyl (C=O) groups is 1. The van der Waals surface area contributed by atoms with Gasteiger partial charge in [0.1, 0.15) is 6.33 Å². The topological polar surface area (TPSA) is 95.9 Å². The van der Waals surface area contributed by atoms with Crippen LogP contribution in [0.25, 0.3) is 5.82 Å². The first-order valence-electron chi connectivity index (χ1n) is 5.40. The van der Waals surface area contributed by atoms with Gasteiger partial charge in [0.15, 0.2) is 11.5 Å². The molecular formula is C11H13N5O2. The quantitative estimate of drug-likeness (QED) is 0.797. The zero-order valence-electron chi connectivity index (χ0n) is 10.1. The molecule has 18 heavy (non-hydrogen) atoms. The minimum Gasteiger partial charge on any atom is -0.464 e. The van der Waals surface area contributed by atoms with Crippen molar-refractivity contribution in [3.8, 4) is 5.82 Å². The molecule has 0 unspecified atom stereocenters. The van der Waals surface area contributed by atoms with Crippen LogP contribution in [0.3, 0.4) is 0 Å². The van der Waals surface area contributed by atoms with E-state index in [0.717, 1.165) is 12.1 Å². The van der Waals surface area contributed by atoms with Crippen molar-refractivity contribution in [1.29, 1.82) is 0 Å². The Balaban J connectivity index is 2.42. The van der Waals surface area contributed by atoms with Crippen molar-refractivity contribution in [3.63, 3.8) is 0 Å². The summed E-state index contributed by atoms with van der Waals surface area (Å²) in [6.45, 7) is 1.99.